The van der Waals surface area contributed by atoms with Crippen LogP contribution >= 0.6 is 0 Å². The maximum atomic E-state index is 14.7. The normalized spacial score (nSPS) is 19.2. The molecule has 3 amide bonds. The number of hydrogen-bond acceptors (Lipinski definition) is 19. The summed E-state index contributed by atoms with van der Waals surface area (Å²) in [7, 11) is 0. The number of nitrogens with zero attached hydrogens (tertiary/aromatic N) is 15. The van der Waals surface area contributed by atoms with Crippen molar-refractivity contribution in [3.8, 4) is 69.0 Å². The highest BCUT2D eigenvalue weighted by molar-refractivity contribution is 6.03. The third kappa shape index (κ3) is 12.8. The summed E-state index contributed by atoms with van der Waals surface area (Å²) in [6.45, 7) is 0.965. The van der Waals surface area contributed by atoms with E-state index in [1.54, 1.807) is 23.0 Å². The lowest BCUT2D eigenvalue weighted by Crippen LogP contribution is -2.57. The van der Waals surface area contributed by atoms with Crippen molar-refractivity contribution in [2.45, 2.75) is 74.9 Å². The molecule has 34 heteroatoms. The zero-order chi connectivity index (χ0) is 72.2. The van der Waals surface area contributed by atoms with Crippen LogP contribution in [0.1, 0.15) is 90.5 Å². The fraction of sp³-hybridized carbons (Fsp3) is 0.294. The standard InChI is InChI=1S/2C23H18F4N6O2.C22H19FN6O3/c2*24-14-4-1-3-13(10-28)19(14)15-9-17(20-16(30-15)11-29-21(20)34)33-8-5-18(31-33)32-7-2-6-22(35,12-32)23(25,26)27;23-15-3-1-2-13(9-24)20(15)16-8-18(21-17(26-16)10-25-22(21)31)29-5-4-19(27-29)28-6-7-32-12-14(28)11-30/h2*1,3-5,8-9,35H,2,6-7,11-12H2,(H,29,34);1-5,8,14,30H,6-7,10-12H2,(H,25,31)/t2*22-;/m10./s1. The zero-order valence-corrected chi connectivity index (χ0v) is 53.2. The van der Waals surface area contributed by atoms with Gasteiger partial charge in [0.2, 0.25) is 0 Å². The number of aliphatic hydroxyl groups excluding tert-OH is 1. The molecule has 12 heterocycles. The SMILES string of the molecule is N#Cc1cccc(F)c1-c1cc(-n2ccc(N3CCC[C@@](O)(C(F)(F)F)C3)n2)c2c(n1)CNC2=O.N#Cc1cccc(F)c1-c1cc(-n2ccc(N3CCC[C@](O)(C(F)(F)F)C3)n2)c2c(n1)CNC2=O.N#Cc1cccc(F)c1-c1cc(-n2ccc(N3CCOCC3CO)n2)c2c(n1)CNC2=O. The quantitative estimate of drug-likeness (QED) is 0.0720. The van der Waals surface area contributed by atoms with Crippen LogP contribution in [0.15, 0.2) is 110 Å². The number of carbonyl (C=O) groups is 3. The Bertz CT molecular complexity index is 4770. The number of halogens is 9. The van der Waals surface area contributed by atoms with Gasteiger partial charge in [-0.2, -0.15) is 57.4 Å². The first-order valence-corrected chi connectivity index (χ1v) is 31.6. The van der Waals surface area contributed by atoms with Crippen LogP contribution in [-0.2, 0) is 24.4 Å². The van der Waals surface area contributed by atoms with Crippen molar-refractivity contribution in [1.29, 1.82) is 15.8 Å². The summed E-state index contributed by atoms with van der Waals surface area (Å²) in [6.07, 6.45) is -5.51. The third-order valence-corrected chi connectivity index (χ3v) is 18.2. The summed E-state index contributed by atoms with van der Waals surface area (Å²) < 4.78 is 134. The van der Waals surface area contributed by atoms with Crippen LogP contribution in [0, 0.1) is 51.4 Å². The number of rotatable bonds is 10. The molecule has 6 aromatic heterocycles. The Hall–Kier alpha value is -11.8. The van der Waals surface area contributed by atoms with Gasteiger partial charge in [-0.1, -0.05) is 18.2 Å². The molecule has 3 saturated heterocycles. The molecule has 1 unspecified atom stereocenters. The van der Waals surface area contributed by atoms with Crippen LogP contribution in [0.5, 0.6) is 0 Å². The number of pyridine rings is 3. The Balaban J connectivity index is 0.000000137. The molecular weight excluding hydrogens is 1350 g/mol. The Morgan fingerprint density at radius 2 is 0.873 bits per heavy atom. The van der Waals surface area contributed by atoms with Gasteiger partial charge in [-0.15, -0.1) is 0 Å². The van der Waals surface area contributed by atoms with Gasteiger partial charge in [0.25, 0.3) is 17.7 Å². The van der Waals surface area contributed by atoms with Crippen LogP contribution < -0.4 is 30.7 Å². The summed E-state index contributed by atoms with van der Waals surface area (Å²) in [4.78, 5) is 55.4. The van der Waals surface area contributed by atoms with Crippen LogP contribution in [0.2, 0.25) is 0 Å². The van der Waals surface area contributed by atoms with E-state index < -0.39 is 78.8 Å². The molecule has 0 spiro atoms. The predicted octanol–water partition coefficient (Wildman–Crippen LogP) is 7.55. The second-order valence-electron chi connectivity index (χ2n) is 24.5. The molecule has 6 aliphatic heterocycles. The Kier molecular flexibility index (Phi) is 18.2. The van der Waals surface area contributed by atoms with Gasteiger partial charge in [-0.25, -0.2) is 42.2 Å². The van der Waals surface area contributed by atoms with E-state index >= 15 is 0 Å². The average molecular weight is 1410 g/mol. The maximum absolute atomic E-state index is 14.7. The number of fused-ring (bicyclic) bond motifs is 3. The Morgan fingerprint density at radius 1 is 0.520 bits per heavy atom. The van der Waals surface area contributed by atoms with Crippen LogP contribution in [0.3, 0.4) is 0 Å². The highest BCUT2D eigenvalue weighted by Gasteiger charge is 2.57. The molecule has 522 valence electrons. The molecule has 0 bridgehead atoms. The minimum atomic E-state index is -4.79. The number of ether oxygens (including phenoxy) is 1. The van der Waals surface area contributed by atoms with E-state index in [4.69, 9.17) is 4.74 Å². The maximum Gasteiger partial charge on any atom is 0.418 e. The highest BCUT2D eigenvalue weighted by Crippen LogP contribution is 2.42. The van der Waals surface area contributed by atoms with Crippen molar-refractivity contribution in [3.63, 3.8) is 0 Å². The zero-order valence-electron chi connectivity index (χ0n) is 53.2. The molecule has 3 aromatic carbocycles. The average Bonchev–Trinajstić information content (AvgIpc) is 1.57. The topological polar surface area (TPSA) is 330 Å². The Labute approximate surface area is 571 Å². The minimum absolute atomic E-state index is 0.0305. The number of anilines is 3. The molecule has 6 N–H and O–H groups in total. The fourth-order valence-corrected chi connectivity index (χ4v) is 13.1. The number of hydrogen-bond donors (Lipinski definition) is 6. The summed E-state index contributed by atoms with van der Waals surface area (Å²) in [5.74, 6) is -2.06. The number of aliphatic hydroxyl groups is 3. The molecule has 102 heavy (non-hydrogen) atoms. The van der Waals surface area contributed by atoms with Crippen molar-refractivity contribution in [2.24, 2.45) is 0 Å². The van der Waals surface area contributed by atoms with E-state index in [1.807, 2.05) is 23.1 Å². The number of β-amino-alcohol motifs (C(OH)–C–C–N with tert-alkyl or cyclic N) is 2. The van der Waals surface area contributed by atoms with Gasteiger partial charge in [0.1, 0.15) is 17.5 Å². The second kappa shape index (κ2) is 27.1. The van der Waals surface area contributed by atoms with Crippen molar-refractivity contribution in [3.05, 3.63) is 178 Å². The number of benzene rings is 3. The Morgan fingerprint density at radius 3 is 1.22 bits per heavy atom. The molecule has 3 atom stereocenters. The van der Waals surface area contributed by atoms with Gasteiger partial charge in [0.05, 0.1) is 178 Å². The lowest BCUT2D eigenvalue weighted by Gasteiger charge is -2.40. The molecule has 3 fully saturated rings. The van der Waals surface area contributed by atoms with E-state index in [9.17, 15) is 85.0 Å². The van der Waals surface area contributed by atoms with Crippen molar-refractivity contribution >= 4 is 35.2 Å². The van der Waals surface area contributed by atoms with Gasteiger partial charge < -0.3 is 50.7 Å². The molecule has 0 radical (unpaired) electrons. The highest BCUT2D eigenvalue weighted by atomic mass is 19.4. The summed E-state index contributed by atoms with van der Waals surface area (Å²) >= 11 is 0. The lowest BCUT2D eigenvalue weighted by molar-refractivity contribution is -0.261. The fourth-order valence-electron chi connectivity index (χ4n) is 13.1. The number of piperidine rings is 2. The van der Waals surface area contributed by atoms with Gasteiger partial charge in [0.15, 0.2) is 28.7 Å². The van der Waals surface area contributed by atoms with Gasteiger partial charge >= 0.3 is 12.4 Å². The number of morpholine rings is 1. The number of amides is 3. The first-order chi connectivity index (χ1) is 48.8. The molecule has 15 rings (SSSR count). The monoisotopic (exact) mass is 1410 g/mol. The van der Waals surface area contributed by atoms with Crippen molar-refractivity contribution in [1.82, 2.24) is 60.2 Å². The van der Waals surface area contributed by atoms with Gasteiger partial charge in [0, 0.05) is 56.4 Å². The summed E-state index contributed by atoms with van der Waals surface area (Å²) in [6, 6.07) is 27.1. The summed E-state index contributed by atoms with van der Waals surface area (Å²) in [5, 5.41) is 79.7. The van der Waals surface area contributed by atoms with E-state index in [1.165, 1.54) is 110 Å². The lowest BCUT2D eigenvalue weighted by atomic mass is 9.92. The molecule has 6 aliphatic rings. The second-order valence-corrected chi connectivity index (χ2v) is 24.5. The van der Waals surface area contributed by atoms with Gasteiger partial charge in [-0.3, -0.25) is 14.4 Å². The van der Waals surface area contributed by atoms with Gasteiger partial charge in [-0.05, 0) is 80.3 Å². The number of aromatic nitrogens is 9. The van der Waals surface area contributed by atoms with E-state index in [-0.39, 0.29) is 149 Å². The molecule has 9 aromatic rings. The van der Waals surface area contributed by atoms with E-state index in [0.717, 1.165) is 0 Å². The molecule has 0 aliphatic carbocycles. The van der Waals surface area contributed by atoms with Crippen LogP contribution in [-0.4, -0.2) is 159 Å². The van der Waals surface area contributed by atoms with Crippen molar-refractivity contribution in [2.75, 3.05) is 67.2 Å². The first-order valence-electron chi connectivity index (χ1n) is 31.6. The van der Waals surface area contributed by atoms with Crippen LogP contribution in [0.4, 0.5) is 57.0 Å². The molecule has 0 saturated carbocycles. The summed E-state index contributed by atoms with van der Waals surface area (Å²) in [5.41, 5.74) is -2.13. The first kappa shape index (κ1) is 68.7. The molecular formula is C68H55F9N18O7. The van der Waals surface area contributed by atoms with E-state index in [2.05, 4.69) is 46.2 Å². The third-order valence-electron chi connectivity index (χ3n) is 18.2. The minimum Gasteiger partial charge on any atom is -0.394 e. The largest absolute Gasteiger partial charge is 0.418 e. The van der Waals surface area contributed by atoms with E-state index in [0.29, 0.717) is 53.9 Å². The smallest absolute Gasteiger partial charge is 0.394 e. The number of alkyl halides is 6. The predicted molar refractivity (Wildman–Crippen MR) is 342 cm³/mol. The van der Waals surface area contributed by atoms with Crippen LogP contribution in [0.25, 0.3) is 50.8 Å². The van der Waals surface area contributed by atoms with Crippen molar-refractivity contribution < 1.29 is 74.0 Å². The number of carbonyl (C=O) groups excluding carboxylic acids is 3. The number of nitriles is 3. The molecule has 25 nitrogen and oxygen atoms in total. The number of nitrogens with one attached hydrogen (secondary N) is 3.